The maximum absolute atomic E-state index is 12.5. The van der Waals surface area contributed by atoms with Crippen LogP contribution in [0.3, 0.4) is 0 Å². The average Bonchev–Trinajstić information content (AvgIpc) is 3.05. The number of aryl methyl sites for hydroxylation is 1. The summed E-state index contributed by atoms with van der Waals surface area (Å²) in [6.45, 7) is -0.342. The van der Waals surface area contributed by atoms with Gasteiger partial charge in [-0.05, 0) is 30.7 Å². The molecule has 0 aliphatic heterocycles. The molecule has 3 aromatic rings. The predicted octanol–water partition coefficient (Wildman–Crippen LogP) is 3.26. The first-order valence-corrected chi connectivity index (χ1v) is 7.62. The Morgan fingerprint density at radius 1 is 1.20 bits per heavy atom. The molecule has 2 N–H and O–H groups in total. The number of hydrogen-bond acceptors (Lipinski definition) is 6. The topological polar surface area (TPSA) is 91.7 Å². The number of rotatable bonds is 5. The van der Waals surface area contributed by atoms with Crippen LogP contribution in [0.15, 0.2) is 30.7 Å². The maximum atomic E-state index is 12.5. The third kappa shape index (κ3) is 3.82. The van der Waals surface area contributed by atoms with Crippen LogP contribution in [0.2, 0.25) is 5.28 Å². The fraction of sp³-hybridized carbons (Fsp3) is 0.200. The predicted molar refractivity (Wildman–Crippen MR) is 88.2 cm³/mol. The lowest BCUT2D eigenvalue weighted by Gasteiger charge is -2.09. The summed E-state index contributed by atoms with van der Waals surface area (Å²) in [4.78, 5) is 12.1. The second-order valence-corrected chi connectivity index (χ2v) is 5.32. The molecule has 0 aromatic carbocycles. The van der Waals surface area contributed by atoms with Crippen molar-refractivity contribution in [1.82, 2.24) is 24.7 Å². The molecule has 0 saturated heterocycles. The van der Waals surface area contributed by atoms with Crippen molar-refractivity contribution in [2.24, 2.45) is 0 Å². The van der Waals surface area contributed by atoms with Gasteiger partial charge in [-0.15, -0.1) is 0 Å². The zero-order valence-corrected chi connectivity index (χ0v) is 13.8. The summed E-state index contributed by atoms with van der Waals surface area (Å²) >= 11 is 6.00. The lowest BCUT2D eigenvalue weighted by Crippen LogP contribution is -2.06. The van der Waals surface area contributed by atoms with Crippen LogP contribution >= 0.6 is 11.6 Å². The van der Waals surface area contributed by atoms with Crippen molar-refractivity contribution in [1.29, 1.82) is 0 Å². The average molecular weight is 367 g/mol. The normalized spacial score (nSPS) is 11.1. The van der Waals surface area contributed by atoms with Gasteiger partial charge in [0.1, 0.15) is 0 Å². The van der Waals surface area contributed by atoms with Crippen molar-refractivity contribution in [3.8, 4) is 28.3 Å². The molecular weight excluding hydrogens is 354 g/mol. The first kappa shape index (κ1) is 17.0. The van der Waals surface area contributed by atoms with Gasteiger partial charge in [-0.3, -0.25) is 4.68 Å². The highest BCUT2D eigenvalue weighted by Gasteiger charge is 2.14. The lowest BCUT2D eigenvalue weighted by atomic mass is 10.1. The van der Waals surface area contributed by atoms with Gasteiger partial charge in [0.15, 0.2) is 11.6 Å². The van der Waals surface area contributed by atoms with E-state index in [4.69, 9.17) is 17.3 Å². The molecule has 0 atom stereocenters. The molecule has 0 aliphatic carbocycles. The first-order chi connectivity index (χ1) is 12.0. The van der Waals surface area contributed by atoms with E-state index in [9.17, 15) is 8.78 Å². The van der Waals surface area contributed by atoms with Crippen molar-refractivity contribution in [3.63, 3.8) is 0 Å². The first-order valence-electron chi connectivity index (χ1n) is 7.24. The van der Waals surface area contributed by atoms with E-state index in [2.05, 4.69) is 24.8 Å². The molecule has 3 rings (SSSR count). The monoisotopic (exact) mass is 366 g/mol. The molecule has 0 radical (unpaired) electrons. The summed E-state index contributed by atoms with van der Waals surface area (Å²) in [7, 11) is 0. The van der Waals surface area contributed by atoms with Gasteiger partial charge < -0.3 is 10.5 Å². The van der Waals surface area contributed by atoms with Gasteiger partial charge in [0.2, 0.25) is 5.28 Å². The molecule has 0 aliphatic rings. The van der Waals surface area contributed by atoms with Crippen molar-refractivity contribution in [2.75, 3.05) is 5.73 Å². The largest absolute Gasteiger partial charge is 0.431 e. The highest BCUT2D eigenvalue weighted by atomic mass is 35.5. The van der Waals surface area contributed by atoms with Gasteiger partial charge in [0.25, 0.3) is 0 Å². The Bertz CT molecular complexity index is 901. The third-order valence-electron chi connectivity index (χ3n) is 3.35. The Kier molecular flexibility index (Phi) is 4.75. The standard InChI is InChI=1S/C15H13ClF2N6O/c1-2-24-7-9(6-21-24)11-4-10(22-14(16)23-11)8-3-12(25-15(17)18)13(19)20-5-8/h3-7,15H,2H2,1H3,(H2,19,20). The third-order valence-corrected chi connectivity index (χ3v) is 3.51. The van der Waals surface area contributed by atoms with Crippen LogP contribution in [0, 0.1) is 0 Å². The number of nitrogens with zero attached hydrogens (tertiary/aromatic N) is 5. The van der Waals surface area contributed by atoms with Crippen LogP contribution in [0.5, 0.6) is 5.75 Å². The van der Waals surface area contributed by atoms with E-state index in [1.54, 1.807) is 16.9 Å². The van der Waals surface area contributed by atoms with E-state index in [0.29, 0.717) is 23.5 Å². The summed E-state index contributed by atoms with van der Waals surface area (Å²) in [5.74, 6) is -0.378. The SMILES string of the molecule is CCn1cc(-c2cc(-c3cnc(N)c(OC(F)F)c3)nc(Cl)n2)cn1. The van der Waals surface area contributed by atoms with Gasteiger partial charge >= 0.3 is 6.61 Å². The van der Waals surface area contributed by atoms with Crippen LogP contribution in [0.1, 0.15) is 6.92 Å². The molecule has 0 bridgehead atoms. The molecule has 25 heavy (non-hydrogen) atoms. The molecular formula is C15H13ClF2N6O. The lowest BCUT2D eigenvalue weighted by molar-refractivity contribution is -0.0494. The smallest absolute Gasteiger partial charge is 0.387 e. The van der Waals surface area contributed by atoms with Gasteiger partial charge in [-0.1, -0.05) is 0 Å². The second-order valence-electron chi connectivity index (χ2n) is 4.98. The minimum absolute atomic E-state index is 0.00454. The Balaban J connectivity index is 2.03. The summed E-state index contributed by atoms with van der Waals surface area (Å²) in [5.41, 5.74) is 7.65. The maximum Gasteiger partial charge on any atom is 0.387 e. The Morgan fingerprint density at radius 2 is 1.92 bits per heavy atom. The second kappa shape index (κ2) is 6.98. The highest BCUT2D eigenvalue weighted by molar-refractivity contribution is 6.28. The Hall–Kier alpha value is -2.81. The number of hydrogen-bond donors (Lipinski definition) is 1. The van der Waals surface area contributed by atoms with Crippen LogP contribution in [0.25, 0.3) is 22.5 Å². The summed E-state index contributed by atoms with van der Waals surface area (Å²) in [5, 5.41) is 4.19. The Labute approximate surface area is 146 Å². The van der Waals surface area contributed by atoms with Crippen molar-refractivity contribution >= 4 is 17.4 Å². The fourth-order valence-corrected chi connectivity index (χ4v) is 2.35. The van der Waals surface area contributed by atoms with Crippen LogP contribution < -0.4 is 10.5 Å². The number of aromatic nitrogens is 5. The highest BCUT2D eigenvalue weighted by Crippen LogP contribution is 2.29. The molecule has 0 spiro atoms. The van der Waals surface area contributed by atoms with Crippen LogP contribution in [-0.4, -0.2) is 31.3 Å². The van der Waals surface area contributed by atoms with Crippen molar-refractivity contribution in [3.05, 3.63) is 36.0 Å². The van der Waals surface area contributed by atoms with Crippen molar-refractivity contribution < 1.29 is 13.5 Å². The van der Waals surface area contributed by atoms with Crippen LogP contribution in [0.4, 0.5) is 14.6 Å². The van der Waals surface area contributed by atoms with E-state index in [1.165, 1.54) is 12.3 Å². The zero-order chi connectivity index (χ0) is 18.0. The summed E-state index contributed by atoms with van der Waals surface area (Å²) in [6.07, 6.45) is 4.86. The van der Waals surface area contributed by atoms with Crippen LogP contribution in [-0.2, 0) is 6.54 Å². The molecule has 3 aromatic heterocycles. The molecule has 0 fully saturated rings. The van der Waals surface area contributed by atoms with E-state index in [0.717, 1.165) is 5.56 Å². The summed E-state index contributed by atoms with van der Waals surface area (Å²) < 4.78 is 31.0. The molecule has 0 saturated carbocycles. The van der Waals surface area contributed by atoms with E-state index in [1.807, 2.05) is 13.1 Å². The number of nitrogens with two attached hydrogens (primary N) is 1. The quantitative estimate of drug-likeness (QED) is 0.697. The van der Waals surface area contributed by atoms with E-state index < -0.39 is 6.61 Å². The number of nitrogen functional groups attached to an aromatic ring is 1. The van der Waals surface area contributed by atoms with E-state index >= 15 is 0 Å². The summed E-state index contributed by atoms with van der Waals surface area (Å²) in [6, 6.07) is 2.98. The molecule has 0 unspecified atom stereocenters. The van der Waals surface area contributed by atoms with Gasteiger partial charge in [-0.2, -0.15) is 13.9 Å². The van der Waals surface area contributed by atoms with Gasteiger partial charge in [-0.25, -0.2) is 15.0 Å². The van der Waals surface area contributed by atoms with Crippen molar-refractivity contribution in [2.45, 2.75) is 20.1 Å². The molecule has 130 valence electrons. The molecule has 0 amide bonds. The minimum Gasteiger partial charge on any atom is -0.431 e. The van der Waals surface area contributed by atoms with E-state index in [-0.39, 0.29) is 16.9 Å². The number of alkyl halides is 2. The molecule has 10 heteroatoms. The number of anilines is 1. The fourth-order valence-electron chi connectivity index (χ4n) is 2.17. The Morgan fingerprint density at radius 3 is 2.56 bits per heavy atom. The number of ether oxygens (including phenoxy) is 1. The number of halogens is 3. The number of pyridine rings is 1. The molecule has 7 nitrogen and oxygen atoms in total. The zero-order valence-electron chi connectivity index (χ0n) is 13.0. The van der Waals surface area contributed by atoms with Gasteiger partial charge in [0, 0.05) is 30.1 Å². The van der Waals surface area contributed by atoms with Gasteiger partial charge in [0.05, 0.1) is 17.6 Å². The minimum atomic E-state index is -3.01. The molecule has 3 heterocycles.